The molecule has 0 spiro atoms. The van der Waals surface area contributed by atoms with Crippen molar-refractivity contribution in [3.63, 3.8) is 0 Å². The van der Waals surface area contributed by atoms with Crippen molar-refractivity contribution in [2.45, 2.75) is 79.2 Å². The molecule has 2 rings (SSSR count). The molecule has 0 aliphatic heterocycles. The number of nitrogens with zero attached hydrogens (tertiary/aromatic N) is 2. The van der Waals surface area contributed by atoms with E-state index in [1.807, 2.05) is 0 Å². The number of nitriles is 1. The molecule has 34 heavy (non-hydrogen) atoms. The van der Waals surface area contributed by atoms with Crippen LogP contribution in [0.4, 0.5) is 0 Å². The molecule has 4 heteroatoms. The number of aryl methyl sites for hydroxylation is 1. The van der Waals surface area contributed by atoms with E-state index in [1.165, 1.54) is 23.1 Å². The van der Waals surface area contributed by atoms with Crippen LogP contribution < -0.4 is 5.32 Å². The van der Waals surface area contributed by atoms with Crippen LogP contribution in [-0.4, -0.2) is 36.5 Å². The molecule has 184 valence electrons. The van der Waals surface area contributed by atoms with Gasteiger partial charge in [-0.3, -0.25) is 4.79 Å². The van der Waals surface area contributed by atoms with Gasteiger partial charge in [-0.2, -0.15) is 5.26 Å². The summed E-state index contributed by atoms with van der Waals surface area (Å²) < 4.78 is 0. The zero-order chi connectivity index (χ0) is 25.1. The fraction of sp³-hybridized carbons (Fsp3) is 0.533. The van der Waals surface area contributed by atoms with Gasteiger partial charge in [-0.1, -0.05) is 52.8 Å². The van der Waals surface area contributed by atoms with Gasteiger partial charge in [0.1, 0.15) is 0 Å². The van der Waals surface area contributed by atoms with Gasteiger partial charge in [0.15, 0.2) is 0 Å². The zero-order valence-corrected chi connectivity index (χ0v) is 22.0. The predicted molar refractivity (Wildman–Crippen MR) is 142 cm³/mol. The Kier molecular flexibility index (Phi) is 11.3. The zero-order valence-electron chi connectivity index (χ0n) is 22.0. The van der Waals surface area contributed by atoms with Crippen LogP contribution in [0.25, 0.3) is 0 Å². The molecule has 2 aromatic rings. The van der Waals surface area contributed by atoms with Gasteiger partial charge < -0.3 is 10.2 Å². The van der Waals surface area contributed by atoms with Gasteiger partial charge in [-0.25, -0.2) is 0 Å². The molecule has 0 saturated heterocycles. The molecule has 0 heterocycles. The minimum absolute atomic E-state index is 0.0851. The van der Waals surface area contributed by atoms with Crippen molar-refractivity contribution in [3.8, 4) is 6.07 Å². The molecule has 0 saturated carbocycles. The van der Waals surface area contributed by atoms with E-state index in [1.54, 1.807) is 24.3 Å². The summed E-state index contributed by atoms with van der Waals surface area (Å²) in [7, 11) is 0. The van der Waals surface area contributed by atoms with Gasteiger partial charge >= 0.3 is 0 Å². The summed E-state index contributed by atoms with van der Waals surface area (Å²) >= 11 is 0. The Labute approximate surface area is 207 Å². The van der Waals surface area contributed by atoms with Crippen molar-refractivity contribution in [2.75, 3.05) is 19.6 Å². The quantitative estimate of drug-likeness (QED) is 0.371. The van der Waals surface area contributed by atoms with E-state index in [9.17, 15) is 4.79 Å². The first-order valence-electron chi connectivity index (χ1n) is 13.0. The molecule has 0 aliphatic carbocycles. The molecule has 1 N–H and O–H groups in total. The lowest BCUT2D eigenvalue weighted by Gasteiger charge is -2.33. The second-order valence-electron chi connectivity index (χ2n) is 9.62. The highest BCUT2D eigenvalue weighted by atomic mass is 16.1. The Bertz CT molecular complexity index is 943. The second-order valence-corrected chi connectivity index (χ2v) is 9.62. The van der Waals surface area contributed by atoms with Crippen LogP contribution in [0.3, 0.4) is 0 Å². The van der Waals surface area contributed by atoms with Gasteiger partial charge in [0.05, 0.1) is 11.6 Å². The van der Waals surface area contributed by atoms with Gasteiger partial charge in [0.2, 0.25) is 0 Å². The number of hydrogen-bond acceptors (Lipinski definition) is 3. The monoisotopic (exact) mass is 461 g/mol. The minimum Gasteiger partial charge on any atom is -0.352 e. The molecule has 1 amide bonds. The third kappa shape index (κ3) is 7.71. The van der Waals surface area contributed by atoms with Crippen LogP contribution in [0, 0.1) is 24.2 Å². The van der Waals surface area contributed by atoms with E-state index in [0.29, 0.717) is 35.5 Å². The van der Waals surface area contributed by atoms with Gasteiger partial charge in [-0.15, -0.1) is 0 Å². The summed E-state index contributed by atoms with van der Waals surface area (Å²) in [4.78, 5) is 15.0. The maximum Gasteiger partial charge on any atom is 0.251 e. The molecule has 0 radical (unpaired) electrons. The number of rotatable bonds is 13. The molecule has 2 unspecified atom stereocenters. The Hall–Kier alpha value is -2.64. The lowest BCUT2D eigenvalue weighted by Crippen LogP contribution is -2.39. The third-order valence-corrected chi connectivity index (χ3v) is 7.12. The average molecular weight is 462 g/mol. The number of carbonyl (C=O) groups is 1. The van der Waals surface area contributed by atoms with Crippen molar-refractivity contribution < 1.29 is 4.79 Å². The van der Waals surface area contributed by atoms with Crippen molar-refractivity contribution in [2.24, 2.45) is 5.92 Å². The summed E-state index contributed by atoms with van der Waals surface area (Å²) in [5.41, 5.74) is 5.32. The standard InChI is InChI=1S/C30H43N3O/c1-7-25(16-18-32-30(34)27-12-10-24(21-31)11-13-27)28-15-14-26(23(6)20-28)17-19-33(9-3)29(8-2)22(4)5/h10-15,20,22,25,29H,7-9,16-19H2,1-6H3,(H,32,34). The van der Waals surface area contributed by atoms with Crippen molar-refractivity contribution in [3.05, 3.63) is 70.3 Å². The summed E-state index contributed by atoms with van der Waals surface area (Å²) in [5, 5.41) is 11.9. The van der Waals surface area contributed by atoms with Crippen molar-refractivity contribution in [1.82, 2.24) is 10.2 Å². The van der Waals surface area contributed by atoms with Crippen LogP contribution >= 0.6 is 0 Å². The van der Waals surface area contributed by atoms with Crippen LogP contribution in [0.5, 0.6) is 0 Å². The van der Waals surface area contributed by atoms with E-state index >= 15 is 0 Å². The summed E-state index contributed by atoms with van der Waals surface area (Å²) in [6, 6.07) is 16.4. The van der Waals surface area contributed by atoms with E-state index in [2.05, 4.69) is 76.0 Å². The number of benzene rings is 2. The Morgan fingerprint density at radius 3 is 2.29 bits per heavy atom. The molecule has 4 nitrogen and oxygen atoms in total. The van der Waals surface area contributed by atoms with E-state index in [-0.39, 0.29) is 5.91 Å². The fourth-order valence-corrected chi connectivity index (χ4v) is 4.99. The van der Waals surface area contributed by atoms with Gasteiger partial charge in [0, 0.05) is 24.7 Å². The molecule has 0 bridgehead atoms. The summed E-state index contributed by atoms with van der Waals surface area (Å²) in [6.07, 6.45) is 4.24. The van der Waals surface area contributed by atoms with E-state index in [4.69, 9.17) is 5.26 Å². The Morgan fingerprint density at radius 2 is 1.76 bits per heavy atom. The first-order chi connectivity index (χ1) is 16.3. The Morgan fingerprint density at radius 1 is 1.06 bits per heavy atom. The van der Waals surface area contributed by atoms with Gasteiger partial charge in [-0.05, 0) is 91.9 Å². The highest BCUT2D eigenvalue weighted by molar-refractivity contribution is 5.94. The smallest absolute Gasteiger partial charge is 0.251 e. The minimum atomic E-state index is -0.0851. The molecule has 2 atom stereocenters. The SMILES string of the molecule is CCC(CCNC(=O)c1ccc(C#N)cc1)c1ccc(CCN(CC)C(CC)C(C)C)c(C)c1. The lowest BCUT2D eigenvalue weighted by atomic mass is 9.90. The maximum atomic E-state index is 12.4. The molecular formula is C30H43N3O. The average Bonchev–Trinajstić information content (AvgIpc) is 2.84. The largest absolute Gasteiger partial charge is 0.352 e. The van der Waals surface area contributed by atoms with Gasteiger partial charge in [0.25, 0.3) is 5.91 Å². The van der Waals surface area contributed by atoms with Crippen molar-refractivity contribution >= 4 is 5.91 Å². The third-order valence-electron chi connectivity index (χ3n) is 7.12. The fourth-order valence-electron chi connectivity index (χ4n) is 4.99. The highest BCUT2D eigenvalue weighted by Crippen LogP contribution is 2.26. The van der Waals surface area contributed by atoms with Crippen molar-refractivity contribution in [1.29, 1.82) is 5.26 Å². The van der Waals surface area contributed by atoms with Crippen LogP contribution in [0.15, 0.2) is 42.5 Å². The maximum absolute atomic E-state index is 12.4. The normalized spacial score (nSPS) is 13.0. The van der Waals surface area contributed by atoms with E-state index in [0.717, 1.165) is 32.4 Å². The lowest BCUT2D eigenvalue weighted by molar-refractivity contribution is 0.0952. The number of likely N-dealkylation sites (N-methyl/N-ethyl adjacent to an activating group) is 1. The van der Waals surface area contributed by atoms with E-state index < -0.39 is 0 Å². The topological polar surface area (TPSA) is 56.1 Å². The second kappa shape index (κ2) is 13.9. The van der Waals surface area contributed by atoms with Crippen LogP contribution in [0.2, 0.25) is 0 Å². The number of amides is 1. The molecular weight excluding hydrogens is 418 g/mol. The first-order valence-corrected chi connectivity index (χ1v) is 13.0. The van der Waals surface area contributed by atoms with Crippen LogP contribution in [0.1, 0.15) is 92.4 Å². The molecule has 0 aliphatic rings. The molecule has 0 aromatic heterocycles. The molecule has 2 aromatic carbocycles. The van der Waals surface area contributed by atoms with Crippen LogP contribution in [-0.2, 0) is 6.42 Å². The Balaban J connectivity index is 1.94. The predicted octanol–water partition coefficient (Wildman–Crippen LogP) is 6.48. The number of nitrogens with one attached hydrogen (secondary N) is 1. The number of carbonyl (C=O) groups excluding carboxylic acids is 1. The summed E-state index contributed by atoms with van der Waals surface area (Å²) in [6.45, 7) is 16.5. The summed E-state index contributed by atoms with van der Waals surface area (Å²) in [5.74, 6) is 1.01. The first kappa shape index (κ1) is 27.6. The number of hydrogen-bond donors (Lipinski definition) is 1. The highest BCUT2D eigenvalue weighted by Gasteiger charge is 2.19. The molecule has 0 fully saturated rings.